The van der Waals surface area contributed by atoms with E-state index in [0.717, 1.165) is 32.4 Å². The first-order chi connectivity index (χ1) is 7.81. The fraction of sp³-hybridized carbons (Fsp3) is 1.00. The van der Waals surface area contributed by atoms with Crippen LogP contribution < -0.4 is 16.5 Å². The monoisotopic (exact) mass is 333 g/mol. The molecule has 102 valence electrons. The van der Waals surface area contributed by atoms with Crippen molar-refractivity contribution in [3.05, 3.63) is 0 Å². The zero-order chi connectivity index (χ0) is 12.1. The van der Waals surface area contributed by atoms with Gasteiger partial charge in [-0.15, -0.1) is 0 Å². The Hall–Kier alpha value is 3.30. The van der Waals surface area contributed by atoms with Crippen molar-refractivity contribution in [2.75, 3.05) is 32.8 Å². The number of unbranched alkanes of at least 4 members (excludes halogenated alkanes) is 2. The van der Waals surface area contributed by atoms with Crippen molar-refractivity contribution in [2.45, 2.75) is 26.2 Å². The third-order valence-corrected chi connectivity index (χ3v) is 2.60. The van der Waals surface area contributed by atoms with Gasteiger partial charge in [0.15, 0.2) is 0 Å². The average Bonchev–Trinajstić information content (AvgIpc) is 2.29. The SMILES string of the molecule is CCCCCO[PH](=O)ONCCNCCN.[KH].[KH]. The molecule has 18 heavy (non-hydrogen) atoms. The van der Waals surface area contributed by atoms with E-state index >= 15 is 0 Å². The van der Waals surface area contributed by atoms with Gasteiger partial charge in [0.25, 0.3) is 0 Å². The summed E-state index contributed by atoms with van der Waals surface area (Å²) in [5.41, 5.74) is 7.88. The van der Waals surface area contributed by atoms with Crippen LogP contribution in [0.3, 0.4) is 0 Å². The summed E-state index contributed by atoms with van der Waals surface area (Å²) >= 11 is 0. The molecule has 0 radical (unpaired) electrons. The predicted molar refractivity (Wildman–Crippen MR) is 79.8 cm³/mol. The number of nitrogens with two attached hydrogens (primary N) is 1. The van der Waals surface area contributed by atoms with E-state index in [-0.39, 0.29) is 103 Å². The zero-order valence-electron chi connectivity index (χ0n) is 9.96. The zero-order valence-corrected chi connectivity index (χ0v) is 11.0. The molecular weight excluding hydrogens is 307 g/mol. The van der Waals surface area contributed by atoms with Crippen LogP contribution in [0.2, 0.25) is 0 Å². The molecule has 0 saturated carbocycles. The van der Waals surface area contributed by atoms with Gasteiger partial charge in [0.2, 0.25) is 0 Å². The second kappa shape index (κ2) is 22.6. The Balaban J connectivity index is -0.00000112. The van der Waals surface area contributed by atoms with Gasteiger partial charge in [0.1, 0.15) is 0 Å². The van der Waals surface area contributed by atoms with Gasteiger partial charge < -0.3 is 15.6 Å². The Labute approximate surface area is 196 Å². The predicted octanol–water partition coefficient (Wildman–Crippen LogP) is -0.645. The van der Waals surface area contributed by atoms with Crippen LogP contribution in [0.5, 0.6) is 0 Å². The van der Waals surface area contributed by atoms with E-state index in [1.54, 1.807) is 0 Å². The van der Waals surface area contributed by atoms with Gasteiger partial charge in [-0.05, 0) is 6.42 Å². The maximum absolute atomic E-state index is 11.1. The van der Waals surface area contributed by atoms with Crippen LogP contribution in [0.15, 0.2) is 0 Å². The van der Waals surface area contributed by atoms with Crippen LogP contribution in [-0.4, -0.2) is 136 Å². The molecule has 6 nitrogen and oxygen atoms in total. The summed E-state index contributed by atoms with van der Waals surface area (Å²) < 4.78 is 20.9. The molecule has 0 rings (SSSR count). The van der Waals surface area contributed by atoms with Crippen LogP contribution in [-0.2, 0) is 13.7 Å². The summed E-state index contributed by atoms with van der Waals surface area (Å²) in [6, 6.07) is 0. The van der Waals surface area contributed by atoms with Crippen molar-refractivity contribution in [3.8, 4) is 0 Å². The van der Waals surface area contributed by atoms with Crippen molar-refractivity contribution < 1.29 is 13.7 Å². The molecule has 0 aliphatic heterocycles. The van der Waals surface area contributed by atoms with E-state index in [9.17, 15) is 4.57 Å². The van der Waals surface area contributed by atoms with E-state index in [0.29, 0.717) is 19.7 Å². The quantitative estimate of drug-likeness (QED) is 0.191. The van der Waals surface area contributed by atoms with Crippen molar-refractivity contribution in [3.63, 3.8) is 0 Å². The molecule has 0 fully saturated rings. The summed E-state index contributed by atoms with van der Waals surface area (Å²) in [6.45, 7) is 5.29. The van der Waals surface area contributed by atoms with Crippen molar-refractivity contribution in [1.82, 2.24) is 10.8 Å². The van der Waals surface area contributed by atoms with E-state index in [1.165, 1.54) is 0 Å². The molecule has 0 heterocycles. The molecule has 0 spiro atoms. The van der Waals surface area contributed by atoms with Crippen LogP contribution >= 0.6 is 8.25 Å². The second-order valence-corrected chi connectivity index (χ2v) is 4.33. The molecule has 0 aliphatic rings. The number of hydroxylamine groups is 1. The Morgan fingerprint density at radius 2 is 1.89 bits per heavy atom. The molecule has 4 N–H and O–H groups in total. The summed E-state index contributed by atoms with van der Waals surface area (Å²) in [5.74, 6) is 0. The Morgan fingerprint density at radius 3 is 2.50 bits per heavy atom. The molecule has 1 atom stereocenters. The molecule has 0 aromatic rings. The molecule has 0 bridgehead atoms. The van der Waals surface area contributed by atoms with Gasteiger partial charge in [-0.2, -0.15) is 5.48 Å². The van der Waals surface area contributed by atoms with Crippen LogP contribution in [0, 0.1) is 0 Å². The third-order valence-electron chi connectivity index (χ3n) is 1.85. The molecular formula is C9H26K2N3O3P. The van der Waals surface area contributed by atoms with Crippen molar-refractivity contribution >= 4 is 111 Å². The Kier molecular flexibility index (Phi) is 32.9. The average molecular weight is 333 g/mol. The summed E-state index contributed by atoms with van der Waals surface area (Å²) in [7, 11) is -2.38. The van der Waals surface area contributed by atoms with Crippen molar-refractivity contribution in [2.24, 2.45) is 5.73 Å². The normalized spacial score (nSPS) is 11.4. The fourth-order valence-electron chi connectivity index (χ4n) is 1.01. The Morgan fingerprint density at radius 1 is 1.17 bits per heavy atom. The van der Waals surface area contributed by atoms with Gasteiger partial charge in [-0.1, -0.05) is 19.8 Å². The van der Waals surface area contributed by atoms with E-state index in [2.05, 4.69) is 17.7 Å². The van der Waals surface area contributed by atoms with Gasteiger partial charge in [-0.25, -0.2) is 4.62 Å². The minimum absolute atomic E-state index is 0. The van der Waals surface area contributed by atoms with Gasteiger partial charge in [-0.3, -0.25) is 4.57 Å². The molecule has 0 amide bonds. The van der Waals surface area contributed by atoms with E-state index in [4.69, 9.17) is 14.9 Å². The van der Waals surface area contributed by atoms with E-state index < -0.39 is 8.25 Å². The van der Waals surface area contributed by atoms with E-state index in [1.807, 2.05) is 0 Å². The van der Waals surface area contributed by atoms with Crippen molar-refractivity contribution in [1.29, 1.82) is 0 Å². The van der Waals surface area contributed by atoms with Crippen LogP contribution in [0.4, 0.5) is 0 Å². The topological polar surface area (TPSA) is 85.6 Å². The first-order valence-corrected chi connectivity index (χ1v) is 7.01. The molecule has 0 aromatic heterocycles. The molecule has 1 unspecified atom stereocenters. The molecule has 0 aromatic carbocycles. The van der Waals surface area contributed by atoms with Gasteiger partial charge in [0, 0.05) is 26.2 Å². The number of hydrogen-bond donors (Lipinski definition) is 3. The summed E-state index contributed by atoms with van der Waals surface area (Å²) in [6.07, 6.45) is 3.14. The number of nitrogens with one attached hydrogen (secondary N) is 2. The molecule has 0 saturated heterocycles. The number of hydrogen-bond acceptors (Lipinski definition) is 6. The summed E-state index contributed by atoms with van der Waals surface area (Å²) in [4.78, 5) is 0. The van der Waals surface area contributed by atoms with Crippen LogP contribution in [0.25, 0.3) is 0 Å². The fourth-order valence-corrected chi connectivity index (χ4v) is 1.60. The minimum atomic E-state index is -2.38. The second-order valence-electron chi connectivity index (χ2n) is 3.34. The Bertz CT molecular complexity index is 181. The first-order valence-electron chi connectivity index (χ1n) is 5.78. The standard InChI is InChI=1S/C9H24N3O3P.2K.2H/c1-2-3-4-9-14-16(13)15-12-8-7-11-6-5-10;;;;/h11-12,16H,2-10H2,1H3;;;;. The number of rotatable bonds is 12. The molecule has 9 heteroatoms. The van der Waals surface area contributed by atoms with Crippen LogP contribution in [0.1, 0.15) is 26.2 Å². The summed E-state index contributed by atoms with van der Waals surface area (Å²) in [5, 5.41) is 3.07. The van der Waals surface area contributed by atoms with Gasteiger partial charge >= 0.3 is 111 Å². The third kappa shape index (κ3) is 21.6. The molecule has 0 aliphatic carbocycles. The van der Waals surface area contributed by atoms with Gasteiger partial charge in [0.05, 0.1) is 6.61 Å². The first kappa shape index (κ1) is 26.2. The maximum atomic E-state index is 11.1.